The van der Waals surface area contributed by atoms with Crippen molar-refractivity contribution in [3.63, 3.8) is 0 Å². The summed E-state index contributed by atoms with van der Waals surface area (Å²) in [5.74, 6) is 0.233. The minimum atomic E-state index is -0.673. The predicted molar refractivity (Wildman–Crippen MR) is 119 cm³/mol. The van der Waals surface area contributed by atoms with E-state index in [4.69, 9.17) is 4.74 Å². The van der Waals surface area contributed by atoms with Crippen molar-refractivity contribution in [3.05, 3.63) is 71.5 Å². The highest BCUT2D eigenvalue weighted by Crippen LogP contribution is 2.27. The van der Waals surface area contributed by atoms with Crippen LogP contribution in [-0.2, 0) is 9.53 Å². The minimum absolute atomic E-state index is 0.00968. The van der Waals surface area contributed by atoms with E-state index in [-0.39, 0.29) is 22.9 Å². The molecule has 4 rings (SSSR count). The van der Waals surface area contributed by atoms with Crippen molar-refractivity contribution in [2.24, 2.45) is 0 Å². The first-order valence-corrected chi connectivity index (χ1v) is 10.5. The number of aromatic amines is 1. The van der Waals surface area contributed by atoms with Gasteiger partial charge in [-0.25, -0.2) is 9.78 Å². The number of para-hydroxylation sites is 2. The number of aliphatic hydroxyl groups is 1. The Labute approximate surface area is 183 Å². The van der Waals surface area contributed by atoms with Crippen LogP contribution in [-0.4, -0.2) is 48.7 Å². The van der Waals surface area contributed by atoms with Gasteiger partial charge in [0.2, 0.25) is 0 Å². The lowest BCUT2D eigenvalue weighted by Gasteiger charge is -2.10. The van der Waals surface area contributed by atoms with Crippen molar-refractivity contribution >= 4 is 34.3 Å². The Bertz CT molecular complexity index is 1260. The van der Waals surface area contributed by atoms with Gasteiger partial charge in [0.15, 0.2) is 5.16 Å². The van der Waals surface area contributed by atoms with Gasteiger partial charge >= 0.3 is 5.97 Å². The molecule has 2 aromatic carbocycles. The number of nitrogens with one attached hydrogen (secondary N) is 1. The number of aliphatic hydroxyl groups excluding tert-OH is 1. The Balaban J connectivity index is 1.67. The summed E-state index contributed by atoms with van der Waals surface area (Å²) in [6, 6.07) is 15.4. The third-order valence-electron chi connectivity index (χ3n) is 4.70. The number of hydrogen-bond donors (Lipinski definition) is 2. The second-order valence-corrected chi connectivity index (χ2v) is 7.85. The number of ether oxygens (including phenoxy) is 1. The van der Waals surface area contributed by atoms with Gasteiger partial charge in [-0.15, -0.1) is 10.2 Å². The molecular weight excluding hydrogens is 414 g/mol. The lowest BCUT2D eigenvalue weighted by atomic mass is 10.2. The van der Waals surface area contributed by atoms with E-state index in [9.17, 15) is 9.90 Å². The first-order chi connectivity index (χ1) is 15.0. The summed E-state index contributed by atoms with van der Waals surface area (Å²) in [4.78, 5) is 19.9. The molecule has 0 fully saturated rings. The monoisotopic (exact) mass is 435 g/mol. The Hall–Kier alpha value is -3.59. The third kappa shape index (κ3) is 4.17. The van der Waals surface area contributed by atoms with E-state index in [1.165, 1.54) is 18.9 Å². The number of rotatable bonds is 6. The third-order valence-corrected chi connectivity index (χ3v) is 5.64. The number of aromatic nitrogens is 5. The average molecular weight is 436 g/mol. The Morgan fingerprint density at radius 3 is 2.71 bits per heavy atom. The SMILES string of the molecule is COC(=O)/C(=C(/O)CSc1nnc(C)n1-c1cccc(C)c1)c1nc2ccccc2[nH]1. The van der Waals surface area contributed by atoms with Crippen molar-refractivity contribution in [2.75, 3.05) is 12.9 Å². The molecule has 158 valence electrons. The number of methoxy groups -OCH3 is 1. The van der Waals surface area contributed by atoms with E-state index in [1.54, 1.807) is 0 Å². The number of benzene rings is 2. The van der Waals surface area contributed by atoms with Crippen molar-refractivity contribution in [1.82, 2.24) is 24.7 Å². The number of carbonyl (C=O) groups excluding carboxylic acids is 1. The van der Waals surface area contributed by atoms with E-state index >= 15 is 0 Å². The molecule has 4 aromatic rings. The number of fused-ring (bicyclic) bond motifs is 1. The quantitative estimate of drug-likeness (QED) is 0.204. The summed E-state index contributed by atoms with van der Waals surface area (Å²) in [5.41, 5.74) is 3.48. The van der Waals surface area contributed by atoms with Gasteiger partial charge in [-0.1, -0.05) is 36.0 Å². The molecule has 8 nitrogen and oxygen atoms in total. The normalized spacial score (nSPS) is 12.1. The molecule has 0 spiro atoms. The molecule has 9 heteroatoms. The van der Waals surface area contributed by atoms with Gasteiger partial charge < -0.3 is 14.8 Å². The summed E-state index contributed by atoms with van der Waals surface area (Å²) in [6.07, 6.45) is 0. The minimum Gasteiger partial charge on any atom is -0.510 e. The van der Waals surface area contributed by atoms with Gasteiger partial charge in [0.1, 0.15) is 23.0 Å². The second-order valence-electron chi connectivity index (χ2n) is 6.91. The van der Waals surface area contributed by atoms with Crippen LogP contribution >= 0.6 is 11.8 Å². The maximum Gasteiger partial charge on any atom is 0.345 e. The summed E-state index contributed by atoms with van der Waals surface area (Å²) in [6.45, 7) is 3.88. The van der Waals surface area contributed by atoms with Crippen LogP contribution in [0.4, 0.5) is 0 Å². The molecule has 31 heavy (non-hydrogen) atoms. The van der Waals surface area contributed by atoms with Crippen LogP contribution in [0.5, 0.6) is 0 Å². The molecule has 0 unspecified atom stereocenters. The van der Waals surface area contributed by atoms with E-state index in [2.05, 4.69) is 20.2 Å². The zero-order chi connectivity index (χ0) is 22.0. The molecule has 0 amide bonds. The van der Waals surface area contributed by atoms with Crippen LogP contribution in [0.1, 0.15) is 17.2 Å². The van der Waals surface area contributed by atoms with Crippen molar-refractivity contribution < 1.29 is 14.6 Å². The number of esters is 1. The number of imidazole rings is 1. The lowest BCUT2D eigenvalue weighted by molar-refractivity contribution is -0.133. The lowest BCUT2D eigenvalue weighted by Crippen LogP contribution is -2.10. The fourth-order valence-corrected chi connectivity index (χ4v) is 4.11. The highest BCUT2D eigenvalue weighted by Gasteiger charge is 2.23. The van der Waals surface area contributed by atoms with Crippen molar-refractivity contribution in [3.8, 4) is 5.69 Å². The van der Waals surface area contributed by atoms with Crippen LogP contribution in [0, 0.1) is 13.8 Å². The van der Waals surface area contributed by atoms with Gasteiger partial charge in [-0.2, -0.15) is 0 Å². The van der Waals surface area contributed by atoms with Crippen molar-refractivity contribution in [2.45, 2.75) is 19.0 Å². The topological polar surface area (TPSA) is 106 Å². The number of H-pyrrole nitrogens is 1. The summed E-state index contributed by atoms with van der Waals surface area (Å²) in [7, 11) is 1.27. The van der Waals surface area contributed by atoms with Gasteiger partial charge in [0.25, 0.3) is 0 Å². The molecule has 0 aliphatic rings. The van der Waals surface area contributed by atoms with Crippen LogP contribution in [0.2, 0.25) is 0 Å². The maximum absolute atomic E-state index is 12.4. The molecule has 0 saturated heterocycles. The largest absolute Gasteiger partial charge is 0.510 e. The number of thioether (sulfide) groups is 1. The average Bonchev–Trinajstić information content (AvgIpc) is 3.35. The molecule has 0 saturated carbocycles. The Morgan fingerprint density at radius 1 is 1.16 bits per heavy atom. The molecule has 0 aliphatic carbocycles. The number of carbonyl (C=O) groups is 1. The molecule has 0 radical (unpaired) electrons. The molecule has 0 atom stereocenters. The maximum atomic E-state index is 12.4. The Kier molecular flexibility index (Phi) is 5.77. The van der Waals surface area contributed by atoms with E-state index in [1.807, 2.05) is 66.9 Å². The van der Waals surface area contributed by atoms with Gasteiger partial charge in [0.05, 0.1) is 23.9 Å². The standard InChI is InChI=1S/C22H21N5O3S/c1-13-7-6-8-15(11-13)27-14(2)25-26-22(27)31-12-18(28)19(21(29)30-3)20-23-16-9-4-5-10-17(16)24-20/h4-11,28H,12H2,1-3H3,(H,23,24)/b19-18+. The first-order valence-electron chi connectivity index (χ1n) is 9.55. The van der Waals surface area contributed by atoms with E-state index < -0.39 is 5.97 Å². The number of aryl methyl sites for hydroxylation is 2. The van der Waals surface area contributed by atoms with Crippen LogP contribution in [0.3, 0.4) is 0 Å². The molecular formula is C22H21N5O3S. The summed E-state index contributed by atoms with van der Waals surface area (Å²) < 4.78 is 6.79. The van der Waals surface area contributed by atoms with Gasteiger partial charge in [-0.05, 0) is 43.7 Å². The fourth-order valence-electron chi connectivity index (χ4n) is 3.23. The number of hydrogen-bond acceptors (Lipinski definition) is 7. The zero-order valence-electron chi connectivity index (χ0n) is 17.3. The van der Waals surface area contributed by atoms with Crippen LogP contribution in [0.15, 0.2) is 59.4 Å². The van der Waals surface area contributed by atoms with Crippen LogP contribution in [0.25, 0.3) is 22.3 Å². The predicted octanol–water partition coefficient (Wildman–Crippen LogP) is 3.99. The summed E-state index contributed by atoms with van der Waals surface area (Å²) in [5, 5.41) is 19.8. The Morgan fingerprint density at radius 2 is 1.97 bits per heavy atom. The summed E-state index contributed by atoms with van der Waals surface area (Å²) >= 11 is 1.27. The van der Waals surface area contributed by atoms with E-state index in [0.29, 0.717) is 10.7 Å². The molecule has 2 N–H and O–H groups in total. The number of nitrogens with zero attached hydrogens (tertiary/aromatic N) is 4. The first kappa shape index (κ1) is 20.7. The van der Waals surface area contributed by atoms with Gasteiger partial charge in [0, 0.05) is 5.69 Å². The molecule has 2 heterocycles. The second kappa shape index (κ2) is 8.65. The van der Waals surface area contributed by atoms with Crippen LogP contribution < -0.4 is 0 Å². The van der Waals surface area contributed by atoms with Crippen molar-refractivity contribution in [1.29, 1.82) is 0 Å². The smallest absolute Gasteiger partial charge is 0.345 e. The fraction of sp³-hybridized carbons (Fsp3) is 0.182. The zero-order valence-corrected chi connectivity index (χ0v) is 18.1. The van der Waals surface area contributed by atoms with E-state index in [0.717, 1.165) is 22.6 Å². The highest BCUT2D eigenvalue weighted by atomic mass is 32.2. The molecule has 0 bridgehead atoms. The highest BCUT2D eigenvalue weighted by molar-refractivity contribution is 7.99. The molecule has 0 aliphatic heterocycles. The van der Waals surface area contributed by atoms with Gasteiger partial charge in [-0.3, -0.25) is 4.57 Å². The molecule has 2 aromatic heterocycles.